The number of para-hydroxylation sites is 1. The Kier molecular flexibility index (Phi) is 3.50. The zero-order chi connectivity index (χ0) is 15.9. The van der Waals surface area contributed by atoms with Gasteiger partial charge in [-0.1, -0.05) is 28.9 Å². The number of benzene rings is 2. The van der Waals surface area contributed by atoms with Gasteiger partial charge in [-0.2, -0.15) is 0 Å². The van der Waals surface area contributed by atoms with Crippen LogP contribution in [0.2, 0.25) is 5.02 Å². The summed E-state index contributed by atoms with van der Waals surface area (Å²) in [5, 5.41) is 7.46. The predicted molar refractivity (Wildman–Crippen MR) is 79.3 cm³/mol. The Hall–Kier alpha value is -2.19. The van der Waals surface area contributed by atoms with E-state index < -0.39 is 15.8 Å². The maximum Gasteiger partial charge on any atom is 0.252 e. The summed E-state index contributed by atoms with van der Waals surface area (Å²) in [7, 11) is -3.63. The molecule has 0 unspecified atom stereocenters. The molecule has 6 nitrogen and oxygen atoms in total. The molecule has 114 valence electrons. The van der Waals surface area contributed by atoms with E-state index in [4.69, 9.17) is 16.3 Å². The number of nitrogens with zero attached hydrogens (tertiary/aromatic N) is 3. The maximum atomic E-state index is 13.6. The van der Waals surface area contributed by atoms with E-state index in [9.17, 15) is 12.8 Å². The summed E-state index contributed by atoms with van der Waals surface area (Å²) < 4.78 is 43.1. The van der Waals surface area contributed by atoms with E-state index in [1.54, 1.807) is 6.07 Å². The zero-order valence-electron chi connectivity index (χ0n) is 11.2. The number of halogens is 2. The van der Waals surface area contributed by atoms with Gasteiger partial charge in [0.15, 0.2) is 11.6 Å². The van der Waals surface area contributed by atoms with Gasteiger partial charge >= 0.3 is 0 Å². The Labute approximate surface area is 130 Å². The molecule has 9 heteroatoms. The molecule has 0 N–H and O–H groups in total. The number of ether oxygens (including phenoxy) is 1. The molecule has 0 saturated heterocycles. The smallest absolute Gasteiger partial charge is 0.252 e. The fraction of sp³-hybridized carbons (Fsp3) is 0.0769. The first-order chi connectivity index (χ1) is 10.4. The SMILES string of the molecule is CS(=O)(=O)n1nnc2cc(Cl)c(Oc3ccccc3F)cc21. The molecule has 0 amide bonds. The van der Waals surface area contributed by atoms with Crippen LogP contribution < -0.4 is 4.74 Å². The fourth-order valence-corrected chi connectivity index (χ4v) is 2.74. The van der Waals surface area contributed by atoms with Crippen molar-refractivity contribution in [3.8, 4) is 11.5 Å². The van der Waals surface area contributed by atoms with E-state index in [2.05, 4.69) is 10.3 Å². The average molecular weight is 342 g/mol. The van der Waals surface area contributed by atoms with Crippen LogP contribution in [0.4, 0.5) is 4.39 Å². The molecule has 0 spiro atoms. The number of hydrogen-bond acceptors (Lipinski definition) is 5. The van der Waals surface area contributed by atoms with E-state index in [-0.39, 0.29) is 27.6 Å². The van der Waals surface area contributed by atoms with Crippen molar-refractivity contribution >= 4 is 32.7 Å². The molecule has 0 bridgehead atoms. The fourth-order valence-electron chi connectivity index (χ4n) is 1.87. The summed E-state index contributed by atoms with van der Waals surface area (Å²) in [4.78, 5) is 0. The van der Waals surface area contributed by atoms with Crippen molar-refractivity contribution in [3.05, 3.63) is 47.2 Å². The molecule has 3 aromatic rings. The van der Waals surface area contributed by atoms with Gasteiger partial charge in [-0.05, 0) is 18.2 Å². The highest BCUT2D eigenvalue weighted by Crippen LogP contribution is 2.33. The van der Waals surface area contributed by atoms with Crippen LogP contribution in [0.1, 0.15) is 0 Å². The van der Waals surface area contributed by atoms with Crippen LogP contribution in [0, 0.1) is 5.82 Å². The summed E-state index contributed by atoms with van der Waals surface area (Å²) in [5.74, 6) is -0.484. The normalized spacial score (nSPS) is 11.8. The molecule has 2 aromatic carbocycles. The van der Waals surface area contributed by atoms with E-state index >= 15 is 0 Å². The minimum absolute atomic E-state index is 0.0258. The van der Waals surface area contributed by atoms with Crippen LogP contribution in [0.15, 0.2) is 36.4 Å². The van der Waals surface area contributed by atoms with Gasteiger partial charge in [0, 0.05) is 6.07 Å². The lowest BCUT2D eigenvalue weighted by atomic mass is 10.3. The van der Waals surface area contributed by atoms with Crippen molar-refractivity contribution in [3.63, 3.8) is 0 Å². The molecular formula is C13H9ClFN3O3S. The highest BCUT2D eigenvalue weighted by atomic mass is 35.5. The van der Waals surface area contributed by atoms with Gasteiger partial charge in [-0.3, -0.25) is 0 Å². The van der Waals surface area contributed by atoms with E-state index in [0.29, 0.717) is 0 Å². The summed E-state index contributed by atoms with van der Waals surface area (Å²) in [5.41, 5.74) is 0.481. The third-order valence-electron chi connectivity index (χ3n) is 2.84. The largest absolute Gasteiger partial charge is 0.453 e. The van der Waals surface area contributed by atoms with Crippen molar-refractivity contribution in [2.75, 3.05) is 6.26 Å². The standard InChI is InChI=1S/C13H9ClFN3O3S/c1-22(19,20)18-11-7-13(8(14)6-10(11)16-17-18)21-12-5-3-2-4-9(12)15/h2-7H,1H3. The molecule has 3 rings (SSSR count). The number of rotatable bonds is 3. The Morgan fingerprint density at radius 1 is 1.23 bits per heavy atom. The topological polar surface area (TPSA) is 74.1 Å². The van der Waals surface area contributed by atoms with Crippen molar-refractivity contribution in [1.82, 2.24) is 14.4 Å². The molecule has 1 aromatic heterocycles. The molecule has 22 heavy (non-hydrogen) atoms. The molecule has 1 heterocycles. The molecule has 0 saturated carbocycles. The first-order valence-corrected chi connectivity index (χ1v) is 8.27. The van der Waals surface area contributed by atoms with Gasteiger partial charge in [0.1, 0.15) is 16.8 Å². The molecular weight excluding hydrogens is 333 g/mol. The third kappa shape index (κ3) is 2.62. The second kappa shape index (κ2) is 5.22. The van der Waals surface area contributed by atoms with Gasteiger partial charge < -0.3 is 4.74 Å². The van der Waals surface area contributed by atoms with E-state index in [0.717, 1.165) is 10.3 Å². The van der Waals surface area contributed by atoms with Crippen molar-refractivity contribution in [2.24, 2.45) is 0 Å². The van der Waals surface area contributed by atoms with Gasteiger partial charge in [0.2, 0.25) is 0 Å². The Morgan fingerprint density at radius 3 is 2.64 bits per heavy atom. The quantitative estimate of drug-likeness (QED) is 0.732. The van der Waals surface area contributed by atoms with Crippen molar-refractivity contribution in [2.45, 2.75) is 0 Å². The lowest BCUT2D eigenvalue weighted by molar-refractivity contribution is 0.443. The van der Waals surface area contributed by atoms with E-state index in [1.165, 1.54) is 30.3 Å². The average Bonchev–Trinajstić information content (AvgIpc) is 2.84. The lowest BCUT2D eigenvalue weighted by Crippen LogP contribution is -2.11. The van der Waals surface area contributed by atoms with Gasteiger partial charge in [0.05, 0.1) is 11.3 Å². The van der Waals surface area contributed by atoms with Gasteiger partial charge in [0.25, 0.3) is 10.0 Å². The minimum Gasteiger partial charge on any atom is -0.453 e. The number of aromatic nitrogens is 3. The van der Waals surface area contributed by atoms with Gasteiger partial charge in [-0.25, -0.2) is 12.8 Å². The van der Waals surface area contributed by atoms with Gasteiger partial charge in [-0.15, -0.1) is 9.19 Å². The number of fused-ring (bicyclic) bond motifs is 1. The van der Waals surface area contributed by atoms with Crippen LogP contribution in [0.3, 0.4) is 0 Å². The highest BCUT2D eigenvalue weighted by molar-refractivity contribution is 7.89. The maximum absolute atomic E-state index is 13.6. The second-order valence-corrected chi connectivity index (χ2v) is 6.72. The van der Waals surface area contributed by atoms with Crippen LogP contribution >= 0.6 is 11.6 Å². The lowest BCUT2D eigenvalue weighted by Gasteiger charge is -2.08. The Bertz CT molecular complexity index is 972. The molecule has 0 radical (unpaired) electrons. The van der Waals surface area contributed by atoms with Crippen LogP contribution in [-0.2, 0) is 10.0 Å². The second-order valence-electron chi connectivity index (χ2n) is 4.50. The molecule has 0 aliphatic heterocycles. The Balaban J connectivity index is 2.14. The van der Waals surface area contributed by atoms with Crippen LogP contribution in [0.5, 0.6) is 11.5 Å². The minimum atomic E-state index is -3.63. The third-order valence-corrected chi connectivity index (χ3v) is 4.03. The van der Waals surface area contributed by atoms with Crippen LogP contribution in [-0.4, -0.2) is 29.1 Å². The van der Waals surface area contributed by atoms with Crippen molar-refractivity contribution < 1.29 is 17.5 Å². The molecule has 0 atom stereocenters. The van der Waals surface area contributed by atoms with E-state index in [1.807, 2.05) is 0 Å². The molecule has 0 fully saturated rings. The van der Waals surface area contributed by atoms with Crippen LogP contribution in [0.25, 0.3) is 11.0 Å². The Morgan fingerprint density at radius 2 is 1.95 bits per heavy atom. The first-order valence-electron chi connectivity index (χ1n) is 6.04. The molecule has 0 aliphatic carbocycles. The van der Waals surface area contributed by atoms with Crippen molar-refractivity contribution in [1.29, 1.82) is 0 Å². The highest BCUT2D eigenvalue weighted by Gasteiger charge is 2.17. The number of hydrogen-bond donors (Lipinski definition) is 0. The summed E-state index contributed by atoms with van der Waals surface area (Å²) in [6.07, 6.45) is 0.993. The summed E-state index contributed by atoms with van der Waals surface area (Å²) in [6.45, 7) is 0. The summed E-state index contributed by atoms with van der Waals surface area (Å²) >= 11 is 6.06. The molecule has 0 aliphatic rings. The monoisotopic (exact) mass is 341 g/mol. The first kappa shape index (κ1) is 14.7. The summed E-state index contributed by atoms with van der Waals surface area (Å²) in [6, 6.07) is 8.56. The zero-order valence-corrected chi connectivity index (χ0v) is 12.8. The predicted octanol–water partition coefficient (Wildman–Crippen LogP) is 2.82.